The molecule has 1 aromatic carbocycles. The van der Waals surface area contributed by atoms with Crippen molar-refractivity contribution in [1.29, 1.82) is 0 Å². The Hall–Kier alpha value is -2.79. The number of aliphatic hydroxyl groups excluding tert-OH is 2. The van der Waals surface area contributed by atoms with Crippen molar-refractivity contribution in [3.05, 3.63) is 62.2 Å². The first kappa shape index (κ1) is 20.5. The van der Waals surface area contributed by atoms with E-state index in [1.807, 2.05) is 29.6 Å². The quantitative estimate of drug-likeness (QED) is 0.479. The first-order valence-electron chi connectivity index (χ1n) is 9.46. The summed E-state index contributed by atoms with van der Waals surface area (Å²) in [5, 5.41) is 24.8. The normalized spacial score (nSPS) is 22.3. The minimum absolute atomic E-state index is 0.0814. The average molecular weight is 431 g/mol. The third kappa shape index (κ3) is 3.70. The molecule has 0 spiro atoms. The van der Waals surface area contributed by atoms with Gasteiger partial charge in [-0.25, -0.2) is 4.79 Å². The SMILES string of the molecule is CC(C(=O)Nc1csc2ccccc12)c1cn([C@H]2C[C@H](O)[C@@H](CO)O2)c(=O)[nH]c1=O. The van der Waals surface area contributed by atoms with E-state index in [-0.39, 0.29) is 12.0 Å². The lowest BCUT2D eigenvalue weighted by atomic mass is 10.0. The molecule has 1 aliphatic rings. The fourth-order valence-electron chi connectivity index (χ4n) is 3.53. The van der Waals surface area contributed by atoms with E-state index < -0.39 is 48.1 Å². The van der Waals surface area contributed by atoms with Crippen LogP contribution in [0.2, 0.25) is 0 Å². The molecule has 0 radical (unpaired) electrons. The molecule has 158 valence electrons. The number of aromatic amines is 1. The second-order valence-electron chi connectivity index (χ2n) is 7.22. The summed E-state index contributed by atoms with van der Waals surface area (Å²) in [4.78, 5) is 39.7. The van der Waals surface area contributed by atoms with Crippen molar-refractivity contribution < 1.29 is 19.7 Å². The van der Waals surface area contributed by atoms with Crippen LogP contribution in [0.3, 0.4) is 0 Å². The lowest BCUT2D eigenvalue weighted by Gasteiger charge is -2.17. The molecule has 0 saturated carbocycles. The fraction of sp³-hybridized carbons (Fsp3) is 0.350. The van der Waals surface area contributed by atoms with Crippen molar-refractivity contribution in [2.45, 2.75) is 37.7 Å². The summed E-state index contributed by atoms with van der Waals surface area (Å²) in [6, 6.07) is 7.65. The first-order valence-corrected chi connectivity index (χ1v) is 10.3. The number of benzene rings is 1. The highest BCUT2D eigenvalue weighted by Gasteiger charge is 2.35. The van der Waals surface area contributed by atoms with Gasteiger partial charge in [0.1, 0.15) is 12.3 Å². The van der Waals surface area contributed by atoms with Gasteiger partial charge in [-0.2, -0.15) is 0 Å². The number of carbonyl (C=O) groups excluding carboxylic acids is 1. The molecule has 10 heteroatoms. The summed E-state index contributed by atoms with van der Waals surface area (Å²) in [6.45, 7) is 1.18. The molecule has 2 aromatic heterocycles. The van der Waals surface area contributed by atoms with Gasteiger partial charge in [0.2, 0.25) is 5.91 Å². The predicted octanol–water partition coefficient (Wildman–Crippen LogP) is 1.13. The molecule has 4 N–H and O–H groups in total. The zero-order chi connectivity index (χ0) is 21.4. The van der Waals surface area contributed by atoms with Crippen molar-refractivity contribution >= 4 is 33.0 Å². The van der Waals surface area contributed by atoms with Crippen LogP contribution in [0.4, 0.5) is 5.69 Å². The van der Waals surface area contributed by atoms with E-state index in [2.05, 4.69) is 10.3 Å². The summed E-state index contributed by atoms with van der Waals surface area (Å²) in [7, 11) is 0. The van der Waals surface area contributed by atoms with E-state index in [1.165, 1.54) is 17.5 Å². The lowest BCUT2D eigenvalue weighted by molar-refractivity contribution is -0.117. The van der Waals surface area contributed by atoms with Gasteiger partial charge in [0.25, 0.3) is 5.56 Å². The number of hydrogen-bond acceptors (Lipinski definition) is 7. The van der Waals surface area contributed by atoms with Crippen LogP contribution in [-0.4, -0.2) is 44.5 Å². The van der Waals surface area contributed by atoms with Gasteiger partial charge in [0, 0.05) is 33.6 Å². The van der Waals surface area contributed by atoms with Crippen LogP contribution in [0.1, 0.15) is 31.1 Å². The van der Waals surface area contributed by atoms with Crippen molar-refractivity contribution in [3.63, 3.8) is 0 Å². The van der Waals surface area contributed by atoms with Crippen molar-refractivity contribution in [2.24, 2.45) is 0 Å². The van der Waals surface area contributed by atoms with Crippen LogP contribution in [0.5, 0.6) is 0 Å². The van der Waals surface area contributed by atoms with E-state index >= 15 is 0 Å². The number of aliphatic hydroxyl groups is 2. The zero-order valence-electron chi connectivity index (χ0n) is 16.1. The maximum absolute atomic E-state index is 12.8. The van der Waals surface area contributed by atoms with Crippen molar-refractivity contribution in [2.75, 3.05) is 11.9 Å². The Kier molecular flexibility index (Phi) is 5.56. The monoisotopic (exact) mass is 431 g/mol. The third-order valence-corrected chi connectivity index (χ3v) is 6.25. The van der Waals surface area contributed by atoms with Gasteiger partial charge in [0.15, 0.2) is 0 Å². The van der Waals surface area contributed by atoms with E-state index in [4.69, 9.17) is 4.74 Å². The number of carbonyl (C=O) groups is 1. The summed E-state index contributed by atoms with van der Waals surface area (Å²) in [6.07, 6.45) is -1.23. The molecule has 3 heterocycles. The summed E-state index contributed by atoms with van der Waals surface area (Å²) in [5.41, 5.74) is -0.621. The van der Waals surface area contributed by atoms with E-state index in [0.29, 0.717) is 5.69 Å². The standard InChI is InChI=1S/C20H21N3O6S/c1-10(18(26)21-13-9-30-16-5-3-2-4-11(13)16)12-7-23(20(28)22-19(12)27)17-6-14(25)15(8-24)29-17/h2-5,7,9-10,14-15,17,24-25H,6,8H2,1H3,(H,21,26)(H,22,27,28)/t10?,14-,15+,17+/m0/s1. The van der Waals surface area contributed by atoms with Gasteiger partial charge in [-0.1, -0.05) is 18.2 Å². The zero-order valence-corrected chi connectivity index (χ0v) is 16.9. The molecule has 4 rings (SSSR count). The Labute approximate surface area is 174 Å². The molecule has 0 aliphatic carbocycles. The van der Waals surface area contributed by atoms with Crippen molar-refractivity contribution in [1.82, 2.24) is 9.55 Å². The number of ether oxygens (including phenoxy) is 1. The van der Waals surface area contributed by atoms with Gasteiger partial charge < -0.3 is 20.3 Å². The van der Waals surface area contributed by atoms with Crippen LogP contribution in [0, 0.1) is 0 Å². The van der Waals surface area contributed by atoms with Crippen LogP contribution in [0.15, 0.2) is 45.4 Å². The molecule has 1 amide bonds. The summed E-state index contributed by atoms with van der Waals surface area (Å²) in [5.74, 6) is -1.24. The highest BCUT2D eigenvalue weighted by atomic mass is 32.1. The number of rotatable bonds is 5. The minimum atomic E-state index is -0.935. The molecule has 30 heavy (non-hydrogen) atoms. The number of nitrogens with zero attached hydrogens (tertiary/aromatic N) is 1. The first-order chi connectivity index (χ1) is 14.4. The molecule has 1 aliphatic heterocycles. The van der Waals surface area contributed by atoms with Gasteiger partial charge in [-0.3, -0.25) is 19.1 Å². The largest absolute Gasteiger partial charge is 0.394 e. The number of hydrogen-bond donors (Lipinski definition) is 4. The molecule has 1 fully saturated rings. The molecule has 1 unspecified atom stereocenters. The number of aromatic nitrogens is 2. The maximum Gasteiger partial charge on any atom is 0.330 e. The average Bonchev–Trinajstić information content (AvgIpc) is 3.31. The maximum atomic E-state index is 12.8. The Morgan fingerprint density at radius 2 is 2.17 bits per heavy atom. The topological polar surface area (TPSA) is 134 Å². The Bertz CT molecular complexity index is 1200. The van der Waals surface area contributed by atoms with Crippen LogP contribution in [0.25, 0.3) is 10.1 Å². The molecule has 1 saturated heterocycles. The molecule has 9 nitrogen and oxygen atoms in total. The van der Waals surface area contributed by atoms with Crippen LogP contribution in [-0.2, 0) is 9.53 Å². The molecular weight excluding hydrogens is 410 g/mol. The Balaban J connectivity index is 1.60. The van der Waals surface area contributed by atoms with E-state index in [1.54, 1.807) is 6.92 Å². The van der Waals surface area contributed by atoms with Gasteiger partial charge in [0.05, 0.1) is 24.3 Å². The second kappa shape index (κ2) is 8.15. The van der Waals surface area contributed by atoms with E-state index in [9.17, 15) is 24.6 Å². The minimum Gasteiger partial charge on any atom is -0.394 e. The summed E-state index contributed by atoms with van der Waals surface area (Å²) < 4.78 is 7.67. The lowest BCUT2D eigenvalue weighted by Crippen LogP contribution is -2.36. The number of nitrogens with one attached hydrogen (secondary N) is 2. The van der Waals surface area contributed by atoms with Crippen molar-refractivity contribution in [3.8, 4) is 0 Å². The van der Waals surface area contributed by atoms with Gasteiger partial charge in [-0.05, 0) is 13.0 Å². The van der Waals surface area contributed by atoms with Crippen LogP contribution >= 0.6 is 11.3 Å². The van der Waals surface area contributed by atoms with E-state index in [0.717, 1.165) is 14.7 Å². The molecule has 4 atom stereocenters. The molecular formula is C20H21N3O6S. The highest BCUT2D eigenvalue weighted by molar-refractivity contribution is 7.17. The number of thiophene rings is 1. The second-order valence-corrected chi connectivity index (χ2v) is 8.13. The fourth-order valence-corrected chi connectivity index (χ4v) is 4.42. The Morgan fingerprint density at radius 3 is 2.90 bits per heavy atom. The molecule has 0 bridgehead atoms. The molecule has 3 aromatic rings. The van der Waals surface area contributed by atoms with Gasteiger partial charge >= 0.3 is 5.69 Å². The predicted molar refractivity (Wildman–Crippen MR) is 112 cm³/mol. The smallest absolute Gasteiger partial charge is 0.330 e. The summed E-state index contributed by atoms with van der Waals surface area (Å²) >= 11 is 1.50. The number of fused-ring (bicyclic) bond motifs is 1. The third-order valence-electron chi connectivity index (χ3n) is 5.29. The van der Waals surface area contributed by atoms with Crippen LogP contribution < -0.4 is 16.6 Å². The number of H-pyrrole nitrogens is 1. The number of anilines is 1. The Morgan fingerprint density at radius 1 is 1.40 bits per heavy atom. The highest BCUT2D eigenvalue weighted by Crippen LogP contribution is 2.31. The van der Waals surface area contributed by atoms with Gasteiger partial charge in [-0.15, -0.1) is 11.3 Å². The number of amides is 1.